The van der Waals surface area contributed by atoms with Gasteiger partial charge in [-0.25, -0.2) is 0 Å². The Morgan fingerprint density at radius 1 is 1.45 bits per heavy atom. The third-order valence-electron chi connectivity index (χ3n) is 4.19. The predicted octanol–water partition coefficient (Wildman–Crippen LogP) is 2.23. The first-order valence-electron chi connectivity index (χ1n) is 7.24. The lowest BCUT2D eigenvalue weighted by atomic mass is 9.92. The van der Waals surface area contributed by atoms with Gasteiger partial charge in [0.2, 0.25) is 0 Å². The van der Waals surface area contributed by atoms with Gasteiger partial charge in [0.25, 0.3) is 5.69 Å². The third kappa shape index (κ3) is 3.55. The Morgan fingerprint density at radius 2 is 2.20 bits per heavy atom. The number of nitro benzene ring substituents is 1. The second-order valence-electron chi connectivity index (χ2n) is 5.46. The van der Waals surface area contributed by atoms with Crippen LogP contribution in [0.15, 0.2) is 24.3 Å². The Balaban J connectivity index is 1.94. The van der Waals surface area contributed by atoms with E-state index >= 15 is 0 Å². The molecule has 0 amide bonds. The van der Waals surface area contributed by atoms with Crippen molar-refractivity contribution in [1.82, 2.24) is 4.90 Å². The van der Waals surface area contributed by atoms with Gasteiger partial charge in [0.15, 0.2) is 0 Å². The van der Waals surface area contributed by atoms with Crippen LogP contribution >= 0.6 is 0 Å². The molecule has 2 atom stereocenters. The number of aliphatic hydroxyl groups excluding tert-OH is 1. The maximum absolute atomic E-state index is 11.0. The smallest absolute Gasteiger partial charge is 0.272 e. The highest BCUT2D eigenvalue weighted by atomic mass is 16.6. The maximum atomic E-state index is 11.0. The molecule has 0 aromatic heterocycles. The SMILES string of the molecule is CCC1CN(CCc2ccccc2[N+](=O)[O-])CCC1O. The minimum atomic E-state index is -0.315. The molecule has 110 valence electrons. The molecule has 0 saturated carbocycles. The lowest BCUT2D eigenvalue weighted by Gasteiger charge is -2.35. The molecule has 5 heteroatoms. The summed E-state index contributed by atoms with van der Waals surface area (Å²) in [5, 5.41) is 20.8. The van der Waals surface area contributed by atoms with Crippen molar-refractivity contribution in [2.75, 3.05) is 19.6 Å². The Labute approximate surface area is 119 Å². The van der Waals surface area contributed by atoms with Crippen LogP contribution in [-0.4, -0.2) is 40.7 Å². The summed E-state index contributed by atoms with van der Waals surface area (Å²) in [6, 6.07) is 6.93. The summed E-state index contributed by atoms with van der Waals surface area (Å²) in [6.07, 6.45) is 2.27. The van der Waals surface area contributed by atoms with E-state index in [1.165, 1.54) is 0 Å². The largest absolute Gasteiger partial charge is 0.393 e. The third-order valence-corrected chi connectivity index (χ3v) is 4.19. The minimum Gasteiger partial charge on any atom is -0.393 e. The molecule has 2 rings (SSSR count). The molecule has 2 unspecified atom stereocenters. The molecule has 1 aliphatic heterocycles. The van der Waals surface area contributed by atoms with E-state index in [-0.39, 0.29) is 16.7 Å². The van der Waals surface area contributed by atoms with Crippen molar-refractivity contribution >= 4 is 5.69 Å². The van der Waals surface area contributed by atoms with Gasteiger partial charge >= 0.3 is 0 Å². The summed E-state index contributed by atoms with van der Waals surface area (Å²) in [5.74, 6) is 0.328. The van der Waals surface area contributed by atoms with Gasteiger partial charge in [-0.1, -0.05) is 25.1 Å². The molecule has 1 fully saturated rings. The Morgan fingerprint density at radius 3 is 2.90 bits per heavy atom. The predicted molar refractivity (Wildman–Crippen MR) is 77.6 cm³/mol. The average molecular weight is 278 g/mol. The first-order chi connectivity index (χ1) is 9.61. The van der Waals surface area contributed by atoms with Crippen molar-refractivity contribution in [3.63, 3.8) is 0 Å². The van der Waals surface area contributed by atoms with E-state index in [1.807, 2.05) is 12.1 Å². The van der Waals surface area contributed by atoms with Crippen LogP contribution < -0.4 is 0 Å². The van der Waals surface area contributed by atoms with Crippen molar-refractivity contribution in [2.24, 2.45) is 5.92 Å². The fourth-order valence-electron chi connectivity index (χ4n) is 2.88. The number of hydrogen-bond donors (Lipinski definition) is 1. The number of benzene rings is 1. The molecule has 1 aliphatic rings. The Hall–Kier alpha value is -1.46. The Kier molecular flexibility index (Phi) is 5.09. The highest BCUT2D eigenvalue weighted by Crippen LogP contribution is 2.22. The Bertz CT molecular complexity index is 464. The number of nitro groups is 1. The van der Waals surface area contributed by atoms with Crippen molar-refractivity contribution in [3.8, 4) is 0 Å². The lowest BCUT2D eigenvalue weighted by Crippen LogP contribution is -2.43. The van der Waals surface area contributed by atoms with Gasteiger partial charge in [-0.2, -0.15) is 0 Å². The standard InChI is InChI=1S/C15H22N2O3/c1-2-12-11-16(10-8-15(12)18)9-7-13-5-3-4-6-14(13)17(19)20/h3-6,12,15,18H,2,7-11H2,1H3. The molecular formula is C15H22N2O3. The molecule has 0 spiro atoms. The minimum absolute atomic E-state index is 0.192. The zero-order valence-corrected chi connectivity index (χ0v) is 11.9. The van der Waals surface area contributed by atoms with Gasteiger partial charge in [-0.15, -0.1) is 0 Å². The van der Waals surface area contributed by atoms with Gasteiger partial charge in [-0.05, 0) is 25.2 Å². The summed E-state index contributed by atoms with van der Waals surface area (Å²) in [5.41, 5.74) is 0.994. The van der Waals surface area contributed by atoms with Gasteiger partial charge in [0.1, 0.15) is 0 Å². The molecule has 1 N–H and O–H groups in total. The van der Waals surface area contributed by atoms with Crippen molar-refractivity contribution in [3.05, 3.63) is 39.9 Å². The first-order valence-corrected chi connectivity index (χ1v) is 7.24. The molecule has 1 heterocycles. The molecule has 0 bridgehead atoms. The van der Waals surface area contributed by atoms with Gasteiger partial charge in [-0.3, -0.25) is 10.1 Å². The van der Waals surface area contributed by atoms with E-state index in [9.17, 15) is 15.2 Å². The zero-order chi connectivity index (χ0) is 14.5. The normalized spacial score (nSPS) is 23.7. The van der Waals surface area contributed by atoms with E-state index in [0.717, 1.165) is 38.0 Å². The van der Waals surface area contributed by atoms with E-state index in [2.05, 4.69) is 11.8 Å². The number of aliphatic hydroxyl groups is 1. The number of nitrogens with zero attached hydrogens (tertiary/aromatic N) is 2. The summed E-state index contributed by atoms with van der Waals surface area (Å²) >= 11 is 0. The maximum Gasteiger partial charge on any atom is 0.272 e. The van der Waals surface area contributed by atoms with Crippen molar-refractivity contribution in [2.45, 2.75) is 32.3 Å². The second-order valence-corrected chi connectivity index (χ2v) is 5.46. The second kappa shape index (κ2) is 6.81. The van der Waals surface area contributed by atoms with Crippen LogP contribution in [0.25, 0.3) is 0 Å². The van der Waals surface area contributed by atoms with Crippen molar-refractivity contribution in [1.29, 1.82) is 0 Å². The van der Waals surface area contributed by atoms with Crippen LogP contribution in [0.3, 0.4) is 0 Å². The van der Waals surface area contributed by atoms with Crippen LogP contribution in [0, 0.1) is 16.0 Å². The summed E-state index contributed by atoms with van der Waals surface area (Å²) < 4.78 is 0. The fourth-order valence-corrected chi connectivity index (χ4v) is 2.88. The number of likely N-dealkylation sites (tertiary alicyclic amines) is 1. The van der Waals surface area contributed by atoms with Crippen LogP contribution in [0.1, 0.15) is 25.3 Å². The number of piperidine rings is 1. The monoisotopic (exact) mass is 278 g/mol. The van der Waals surface area contributed by atoms with Crippen LogP contribution in [0.2, 0.25) is 0 Å². The number of para-hydroxylation sites is 1. The molecule has 1 aromatic rings. The average Bonchev–Trinajstić information content (AvgIpc) is 2.46. The summed E-state index contributed by atoms with van der Waals surface area (Å²) in [7, 11) is 0. The van der Waals surface area contributed by atoms with Gasteiger partial charge in [0.05, 0.1) is 11.0 Å². The van der Waals surface area contributed by atoms with Crippen LogP contribution in [-0.2, 0) is 6.42 Å². The van der Waals surface area contributed by atoms with Crippen LogP contribution in [0.5, 0.6) is 0 Å². The number of rotatable bonds is 5. The molecule has 0 aliphatic carbocycles. The summed E-state index contributed by atoms with van der Waals surface area (Å²) in [6.45, 7) is 4.67. The first kappa shape index (κ1) is 14.9. The molecule has 20 heavy (non-hydrogen) atoms. The zero-order valence-electron chi connectivity index (χ0n) is 11.9. The number of hydrogen-bond acceptors (Lipinski definition) is 4. The van der Waals surface area contributed by atoms with E-state index < -0.39 is 0 Å². The highest BCUT2D eigenvalue weighted by Gasteiger charge is 2.26. The lowest BCUT2D eigenvalue weighted by molar-refractivity contribution is -0.385. The molecular weight excluding hydrogens is 256 g/mol. The molecule has 1 aromatic carbocycles. The van der Waals surface area contributed by atoms with E-state index in [0.29, 0.717) is 12.3 Å². The van der Waals surface area contributed by atoms with Crippen molar-refractivity contribution < 1.29 is 10.0 Å². The molecule has 1 saturated heterocycles. The van der Waals surface area contributed by atoms with Crippen LogP contribution in [0.4, 0.5) is 5.69 Å². The van der Waals surface area contributed by atoms with E-state index in [4.69, 9.17) is 0 Å². The molecule has 5 nitrogen and oxygen atoms in total. The topological polar surface area (TPSA) is 66.6 Å². The van der Waals surface area contributed by atoms with Gasteiger partial charge < -0.3 is 10.0 Å². The fraction of sp³-hybridized carbons (Fsp3) is 0.600. The van der Waals surface area contributed by atoms with Gasteiger partial charge in [0, 0.05) is 31.3 Å². The van der Waals surface area contributed by atoms with E-state index in [1.54, 1.807) is 12.1 Å². The highest BCUT2D eigenvalue weighted by molar-refractivity contribution is 5.39. The summed E-state index contributed by atoms with van der Waals surface area (Å²) in [4.78, 5) is 13.0. The molecule has 0 radical (unpaired) electrons. The quantitative estimate of drug-likeness (QED) is 0.662.